The molecule has 7 nitrogen and oxygen atoms in total. The van der Waals surface area contributed by atoms with Gasteiger partial charge in [-0.25, -0.2) is 15.0 Å². The first-order valence-corrected chi connectivity index (χ1v) is 16.5. The van der Waals surface area contributed by atoms with Gasteiger partial charge >= 0.3 is 6.18 Å². The molecule has 45 heavy (non-hydrogen) atoms. The Hall–Kier alpha value is -3.40. The lowest BCUT2D eigenvalue weighted by Gasteiger charge is -2.31. The Morgan fingerprint density at radius 1 is 0.889 bits per heavy atom. The van der Waals surface area contributed by atoms with Crippen molar-refractivity contribution in [3.05, 3.63) is 70.2 Å². The highest BCUT2D eigenvalue weighted by molar-refractivity contribution is 5.54. The van der Waals surface area contributed by atoms with Crippen LogP contribution in [0.3, 0.4) is 0 Å². The van der Waals surface area contributed by atoms with Gasteiger partial charge in [0.05, 0.1) is 36.9 Å². The summed E-state index contributed by atoms with van der Waals surface area (Å²) in [4.78, 5) is 21.7. The number of hydrogen-bond donors (Lipinski definition) is 0. The summed E-state index contributed by atoms with van der Waals surface area (Å²) in [5, 5.41) is 0. The highest BCUT2D eigenvalue weighted by atomic mass is 19.4. The van der Waals surface area contributed by atoms with Crippen LogP contribution < -0.4 is 14.7 Å². The van der Waals surface area contributed by atoms with Gasteiger partial charge in [-0.05, 0) is 92.5 Å². The molecule has 3 fully saturated rings. The molecule has 1 atom stereocenters. The molecule has 2 aromatic heterocycles. The molecule has 4 aliphatic rings. The van der Waals surface area contributed by atoms with Crippen molar-refractivity contribution >= 4 is 17.5 Å². The number of benzene rings is 1. The van der Waals surface area contributed by atoms with Crippen LogP contribution in [0.4, 0.5) is 30.6 Å². The number of hydrogen-bond acceptors (Lipinski definition) is 7. The van der Waals surface area contributed by atoms with Gasteiger partial charge in [0.25, 0.3) is 0 Å². The second kappa shape index (κ2) is 12.4. The Kier molecular flexibility index (Phi) is 8.35. The maximum Gasteiger partial charge on any atom is 0.416 e. The molecule has 1 aliphatic heterocycles. The normalized spacial score (nSPS) is 19.9. The summed E-state index contributed by atoms with van der Waals surface area (Å²) < 4.78 is 47.0. The maximum atomic E-state index is 13.8. The number of halogens is 3. The van der Waals surface area contributed by atoms with Gasteiger partial charge < -0.3 is 19.4 Å². The highest BCUT2D eigenvalue weighted by Gasteiger charge is 2.34. The number of rotatable bonds is 11. The van der Waals surface area contributed by atoms with Crippen molar-refractivity contribution in [2.45, 2.75) is 77.6 Å². The number of pyridine rings is 1. The third kappa shape index (κ3) is 7.21. The van der Waals surface area contributed by atoms with Crippen LogP contribution in [0.2, 0.25) is 0 Å². The molecule has 0 bridgehead atoms. The van der Waals surface area contributed by atoms with Crippen LogP contribution >= 0.6 is 0 Å². The van der Waals surface area contributed by atoms with Gasteiger partial charge in [-0.2, -0.15) is 13.2 Å². The lowest BCUT2D eigenvalue weighted by molar-refractivity contribution is -0.137. The van der Waals surface area contributed by atoms with Crippen molar-refractivity contribution in [2.24, 2.45) is 11.8 Å². The van der Waals surface area contributed by atoms with Crippen molar-refractivity contribution in [1.29, 1.82) is 0 Å². The molecule has 10 heteroatoms. The van der Waals surface area contributed by atoms with Gasteiger partial charge in [0.1, 0.15) is 5.82 Å². The summed E-state index contributed by atoms with van der Waals surface area (Å²) in [6.45, 7) is 9.59. The summed E-state index contributed by atoms with van der Waals surface area (Å²) in [7, 11) is 0. The number of fused-ring (bicyclic) bond motifs is 1. The van der Waals surface area contributed by atoms with Crippen molar-refractivity contribution in [3.8, 4) is 0 Å². The predicted molar refractivity (Wildman–Crippen MR) is 170 cm³/mol. The van der Waals surface area contributed by atoms with E-state index in [1.165, 1.54) is 49.1 Å². The third-order valence-electron chi connectivity index (χ3n) is 9.64. The first kappa shape index (κ1) is 30.3. The molecule has 3 heterocycles. The van der Waals surface area contributed by atoms with E-state index in [2.05, 4.69) is 22.8 Å². The minimum absolute atomic E-state index is 0.250. The molecule has 7 rings (SSSR count). The number of ether oxygens (including phenoxy) is 1. The number of aromatic nitrogens is 3. The number of anilines is 3. The van der Waals surface area contributed by atoms with Gasteiger partial charge in [-0.1, -0.05) is 18.6 Å². The predicted octanol–water partition coefficient (Wildman–Crippen LogP) is 6.92. The largest absolute Gasteiger partial charge is 0.416 e. The summed E-state index contributed by atoms with van der Waals surface area (Å²) in [6.07, 6.45) is 6.40. The van der Waals surface area contributed by atoms with Crippen LogP contribution in [0.25, 0.3) is 0 Å². The first-order valence-electron chi connectivity index (χ1n) is 16.5. The Balaban J connectivity index is 1.26. The SMILES string of the molecule is Cc1cc(CN(Cc2cc3c(nc2N(CC2CC2)CC2CC2)C(C)CC3)c2ncc(N3CCOCC3)cn2)cc(C(F)(F)F)c1. The van der Waals surface area contributed by atoms with Gasteiger partial charge in [0, 0.05) is 50.5 Å². The van der Waals surface area contributed by atoms with Crippen molar-refractivity contribution < 1.29 is 17.9 Å². The van der Waals surface area contributed by atoms with Gasteiger partial charge in [-0.15, -0.1) is 0 Å². The molecule has 0 N–H and O–H groups in total. The average molecular weight is 621 g/mol. The van der Waals surface area contributed by atoms with E-state index < -0.39 is 11.7 Å². The lowest BCUT2D eigenvalue weighted by Crippen LogP contribution is -2.36. The maximum absolute atomic E-state index is 13.8. The Labute approximate surface area is 263 Å². The fraction of sp³-hybridized carbons (Fsp3) is 0.571. The molecular weight excluding hydrogens is 577 g/mol. The van der Waals surface area contributed by atoms with Crippen molar-refractivity contribution in [2.75, 3.05) is 54.1 Å². The minimum Gasteiger partial charge on any atom is -0.378 e. The van der Waals surface area contributed by atoms with E-state index in [1.54, 1.807) is 6.92 Å². The second-order valence-electron chi connectivity index (χ2n) is 13.6. The molecule has 1 unspecified atom stereocenters. The van der Waals surface area contributed by atoms with Crippen LogP contribution in [-0.4, -0.2) is 54.3 Å². The molecular formula is C35H43F3N6O. The van der Waals surface area contributed by atoms with E-state index in [9.17, 15) is 13.2 Å². The lowest BCUT2D eigenvalue weighted by atomic mass is 10.0. The quantitative estimate of drug-likeness (QED) is 0.231. The van der Waals surface area contributed by atoms with E-state index in [0.29, 0.717) is 54.6 Å². The van der Waals surface area contributed by atoms with Crippen LogP contribution in [-0.2, 0) is 30.4 Å². The van der Waals surface area contributed by atoms with Crippen molar-refractivity contribution in [3.63, 3.8) is 0 Å². The van der Waals surface area contributed by atoms with Crippen LogP contribution in [0.15, 0.2) is 36.7 Å². The summed E-state index contributed by atoms with van der Waals surface area (Å²) >= 11 is 0. The molecule has 0 amide bonds. The molecule has 1 aromatic carbocycles. The standard InChI is InChI=1S/C35H43F3N6O/c1-23-13-27(15-30(14-23)35(36,37)38)21-44(34-39-17-31(18-40-34)42-9-11-45-12-10-42)22-29-16-28-8-3-24(2)32(28)41-33(29)43(19-25-4-5-25)20-26-6-7-26/h13-18,24-26H,3-12,19-22H2,1-2H3. The van der Waals surface area contributed by atoms with Gasteiger partial charge in [-0.3, -0.25) is 0 Å². The van der Waals surface area contributed by atoms with E-state index in [4.69, 9.17) is 19.7 Å². The van der Waals surface area contributed by atoms with Crippen LogP contribution in [0.1, 0.15) is 78.5 Å². The Bertz CT molecular complexity index is 1480. The van der Waals surface area contributed by atoms with Crippen molar-refractivity contribution in [1.82, 2.24) is 15.0 Å². The smallest absolute Gasteiger partial charge is 0.378 e. The third-order valence-corrected chi connectivity index (χ3v) is 9.64. The first-order chi connectivity index (χ1) is 21.7. The van der Waals surface area contributed by atoms with E-state index in [1.807, 2.05) is 23.4 Å². The zero-order valence-electron chi connectivity index (χ0n) is 26.3. The Morgan fingerprint density at radius 3 is 2.22 bits per heavy atom. The number of alkyl halides is 3. The van der Waals surface area contributed by atoms with E-state index in [-0.39, 0.29) is 6.54 Å². The molecule has 1 saturated heterocycles. The summed E-state index contributed by atoms with van der Waals surface area (Å²) in [6, 6.07) is 6.62. The zero-order chi connectivity index (χ0) is 31.1. The summed E-state index contributed by atoms with van der Waals surface area (Å²) in [5.41, 5.74) is 5.06. The molecule has 0 spiro atoms. The number of morpholine rings is 1. The number of nitrogens with zero attached hydrogens (tertiary/aromatic N) is 6. The fourth-order valence-corrected chi connectivity index (χ4v) is 6.81. The topological polar surface area (TPSA) is 57.6 Å². The number of aryl methyl sites for hydroxylation is 2. The highest BCUT2D eigenvalue weighted by Crippen LogP contribution is 2.40. The summed E-state index contributed by atoms with van der Waals surface area (Å²) in [5.74, 6) is 3.39. The van der Waals surface area contributed by atoms with Crippen LogP contribution in [0, 0.1) is 18.8 Å². The molecule has 3 aromatic rings. The van der Waals surface area contributed by atoms with Gasteiger partial charge in [0.15, 0.2) is 0 Å². The van der Waals surface area contributed by atoms with Gasteiger partial charge in [0.2, 0.25) is 5.95 Å². The molecule has 2 saturated carbocycles. The second-order valence-corrected chi connectivity index (χ2v) is 13.6. The molecule has 0 radical (unpaired) electrons. The van der Waals surface area contributed by atoms with Crippen LogP contribution in [0.5, 0.6) is 0 Å². The zero-order valence-corrected chi connectivity index (χ0v) is 26.3. The fourth-order valence-electron chi connectivity index (χ4n) is 6.81. The average Bonchev–Trinajstić information content (AvgIpc) is 3.97. The van der Waals surface area contributed by atoms with E-state index in [0.717, 1.165) is 56.1 Å². The molecule has 240 valence electrons. The Morgan fingerprint density at radius 2 is 1.58 bits per heavy atom. The monoisotopic (exact) mass is 620 g/mol. The van der Waals surface area contributed by atoms with E-state index >= 15 is 0 Å². The molecule has 3 aliphatic carbocycles. The minimum atomic E-state index is -4.41.